The van der Waals surface area contributed by atoms with Crippen LogP contribution in [-0.2, 0) is 0 Å². The predicted octanol–water partition coefficient (Wildman–Crippen LogP) is 4.23. The summed E-state index contributed by atoms with van der Waals surface area (Å²) >= 11 is 0. The Balaban J connectivity index is 0.000000442. The van der Waals surface area contributed by atoms with E-state index >= 15 is 0 Å². The Labute approximate surface area is 92.7 Å². The van der Waals surface area contributed by atoms with Gasteiger partial charge >= 0.3 is 0 Å². The first-order chi connectivity index (χ1) is 7.27. The second-order valence-electron chi connectivity index (χ2n) is 2.81. The molecular formula is C13H22N2. The average molecular weight is 206 g/mol. The Morgan fingerprint density at radius 2 is 1.67 bits per heavy atom. The van der Waals surface area contributed by atoms with Crippen LogP contribution in [0.5, 0.6) is 0 Å². The van der Waals surface area contributed by atoms with Crippen LogP contribution in [0.2, 0.25) is 0 Å². The molecule has 0 unspecified atom stereocenters. The van der Waals surface area contributed by atoms with Gasteiger partial charge in [-0.2, -0.15) is 0 Å². The van der Waals surface area contributed by atoms with Crippen molar-refractivity contribution >= 4 is 10.9 Å². The molecule has 0 aliphatic rings. The van der Waals surface area contributed by atoms with E-state index in [9.17, 15) is 0 Å². The number of fused-ring (bicyclic) bond motifs is 1. The highest BCUT2D eigenvalue weighted by atomic mass is 14.7. The monoisotopic (exact) mass is 206 g/mol. The highest BCUT2D eigenvalue weighted by molar-refractivity contribution is 5.82. The lowest BCUT2D eigenvalue weighted by atomic mass is 10.2. The quantitative estimate of drug-likeness (QED) is 0.686. The summed E-state index contributed by atoms with van der Waals surface area (Å²) < 4.78 is 0. The van der Waals surface area contributed by atoms with E-state index in [1.807, 2.05) is 46.9 Å². The van der Waals surface area contributed by atoms with Gasteiger partial charge in [-0.25, -0.2) is 0 Å². The molecule has 84 valence electrons. The number of aryl methyl sites for hydroxylation is 2. The van der Waals surface area contributed by atoms with Crippen molar-refractivity contribution in [3.63, 3.8) is 0 Å². The summed E-state index contributed by atoms with van der Waals surface area (Å²) in [7, 11) is 0. The van der Waals surface area contributed by atoms with Gasteiger partial charge in [0.25, 0.3) is 0 Å². The fourth-order valence-corrected chi connectivity index (χ4v) is 1.33. The number of rotatable bonds is 0. The van der Waals surface area contributed by atoms with Gasteiger partial charge in [-0.05, 0) is 26.0 Å². The Morgan fingerprint density at radius 3 is 2.20 bits per heavy atom. The molecule has 0 fully saturated rings. The van der Waals surface area contributed by atoms with Gasteiger partial charge in [0, 0.05) is 28.5 Å². The zero-order chi connectivity index (χ0) is 11.8. The molecule has 0 atom stereocenters. The number of hydrogen-bond donors (Lipinski definition) is 1. The van der Waals surface area contributed by atoms with E-state index in [2.05, 4.69) is 23.0 Å². The van der Waals surface area contributed by atoms with Crippen molar-refractivity contribution in [2.45, 2.75) is 41.5 Å². The fourth-order valence-electron chi connectivity index (χ4n) is 1.33. The summed E-state index contributed by atoms with van der Waals surface area (Å²) in [6.45, 7) is 12.1. The van der Waals surface area contributed by atoms with E-state index in [0.29, 0.717) is 0 Å². The van der Waals surface area contributed by atoms with Crippen molar-refractivity contribution in [2.75, 3.05) is 0 Å². The van der Waals surface area contributed by atoms with Gasteiger partial charge in [-0.1, -0.05) is 27.7 Å². The second kappa shape index (κ2) is 7.04. The van der Waals surface area contributed by atoms with Gasteiger partial charge in [0.1, 0.15) is 0 Å². The van der Waals surface area contributed by atoms with Crippen LogP contribution < -0.4 is 0 Å². The van der Waals surface area contributed by atoms with E-state index in [1.165, 1.54) is 16.6 Å². The Bertz CT molecular complexity index is 388. The van der Waals surface area contributed by atoms with Crippen LogP contribution in [0.1, 0.15) is 39.1 Å². The van der Waals surface area contributed by atoms with E-state index in [1.54, 1.807) is 0 Å². The lowest BCUT2D eigenvalue weighted by Gasteiger charge is -1.91. The molecule has 15 heavy (non-hydrogen) atoms. The molecule has 0 saturated heterocycles. The van der Waals surface area contributed by atoms with Crippen LogP contribution in [0, 0.1) is 13.8 Å². The number of nitrogens with zero attached hydrogens (tertiary/aromatic N) is 1. The predicted molar refractivity (Wildman–Crippen MR) is 68.3 cm³/mol. The van der Waals surface area contributed by atoms with E-state index < -0.39 is 0 Å². The van der Waals surface area contributed by atoms with Crippen molar-refractivity contribution in [1.29, 1.82) is 0 Å². The average Bonchev–Trinajstić information content (AvgIpc) is 2.66. The number of aromatic nitrogens is 2. The van der Waals surface area contributed by atoms with Crippen LogP contribution in [0.4, 0.5) is 0 Å². The van der Waals surface area contributed by atoms with Gasteiger partial charge < -0.3 is 4.98 Å². The van der Waals surface area contributed by atoms with Gasteiger partial charge in [0.2, 0.25) is 0 Å². The topological polar surface area (TPSA) is 28.7 Å². The SMILES string of the molecule is CC.CC.Cc1cc2c(C)nccc2[nH]1. The van der Waals surface area contributed by atoms with Crippen LogP contribution in [0.25, 0.3) is 10.9 Å². The van der Waals surface area contributed by atoms with Crippen molar-refractivity contribution in [2.24, 2.45) is 0 Å². The third-order valence-corrected chi connectivity index (χ3v) is 1.88. The molecule has 0 radical (unpaired) electrons. The molecule has 2 rings (SSSR count). The lowest BCUT2D eigenvalue weighted by Crippen LogP contribution is -1.78. The maximum absolute atomic E-state index is 4.20. The van der Waals surface area contributed by atoms with Crippen LogP contribution in [0.3, 0.4) is 0 Å². The van der Waals surface area contributed by atoms with Crippen LogP contribution >= 0.6 is 0 Å². The van der Waals surface area contributed by atoms with Crippen LogP contribution in [0.15, 0.2) is 18.3 Å². The zero-order valence-electron chi connectivity index (χ0n) is 10.7. The summed E-state index contributed by atoms with van der Waals surface area (Å²) in [6.07, 6.45) is 1.83. The highest BCUT2D eigenvalue weighted by Gasteiger charge is 1.98. The first kappa shape index (κ1) is 13.7. The van der Waals surface area contributed by atoms with Crippen molar-refractivity contribution < 1.29 is 0 Å². The number of nitrogens with one attached hydrogen (secondary N) is 1. The second-order valence-corrected chi connectivity index (χ2v) is 2.81. The Kier molecular flexibility index (Phi) is 6.43. The van der Waals surface area contributed by atoms with E-state index in [4.69, 9.17) is 0 Å². The minimum Gasteiger partial charge on any atom is -0.359 e. The first-order valence-electron chi connectivity index (χ1n) is 5.68. The Hall–Kier alpha value is -1.31. The minimum atomic E-state index is 1.09. The number of H-pyrrole nitrogens is 1. The first-order valence-corrected chi connectivity index (χ1v) is 5.68. The van der Waals surface area contributed by atoms with Crippen molar-refractivity contribution in [3.8, 4) is 0 Å². The molecule has 2 aromatic heterocycles. The summed E-state index contributed by atoms with van der Waals surface area (Å²) in [5.74, 6) is 0. The maximum Gasteiger partial charge on any atom is 0.0489 e. The molecule has 2 aromatic rings. The highest BCUT2D eigenvalue weighted by Crippen LogP contribution is 2.16. The fraction of sp³-hybridized carbons (Fsp3) is 0.462. The summed E-state index contributed by atoms with van der Waals surface area (Å²) in [4.78, 5) is 7.46. The van der Waals surface area contributed by atoms with Gasteiger partial charge in [0.05, 0.1) is 0 Å². The molecule has 0 aromatic carbocycles. The molecule has 0 aliphatic carbocycles. The maximum atomic E-state index is 4.20. The number of hydrogen-bond acceptors (Lipinski definition) is 1. The molecule has 0 aliphatic heterocycles. The minimum absolute atomic E-state index is 1.09. The molecule has 2 heteroatoms. The number of pyridine rings is 1. The smallest absolute Gasteiger partial charge is 0.0489 e. The van der Waals surface area contributed by atoms with Crippen LogP contribution in [-0.4, -0.2) is 9.97 Å². The summed E-state index contributed by atoms with van der Waals surface area (Å²) in [5.41, 5.74) is 3.46. The molecule has 2 heterocycles. The van der Waals surface area contributed by atoms with E-state index in [0.717, 1.165) is 5.69 Å². The normalized spacial score (nSPS) is 8.67. The molecule has 1 N–H and O–H groups in total. The third kappa shape index (κ3) is 3.39. The van der Waals surface area contributed by atoms with Gasteiger partial charge in [-0.15, -0.1) is 0 Å². The standard InChI is InChI=1S/C9H10N2.2C2H6/c1-6-5-8-7(2)10-4-3-9(8)11-6;2*1-2/h3-5,11H,1-2H3;2*1-2H3. The third-order valence-electron chi connectivity index (χ3n) is 1.88. The van der Waals surface area contributed by atoms with Crippen molar-refractivity contribution in [1.82, 2.24) is 9.97 Å². The molecular weight excluding hydrogens is 184 g/mol. The zero-order valence-corrected chi connectivity index (χ0v) is 10.7. The summed E-state index contributed by atoms with van der Waals surface area (Å²) in [6, 6.07) is 4.12. The van der Waals surface area contributed by atoms with Gasteiger partial charge in [-0.3, -0.25) is 4.98 Å². The summed E-state index contributed by atoms with van der Waals surface area (Å²) in [5, 5.41) is 1.23. The lowest BCUT2D eigenvalue weighted by molar-refractivity contribution is 1.23. The molecule has 0 bridgehead atoms. The molecule has 0 spiro atoms. The molecule has 0 amide bonds. The largest absolute Gasteiger partial charge is 0.359 e. The molecule has 0 saturated carbocycles. The van der Waals surface area contributed by atoms with E-state index in [-0.39, 0.29) is 0 Å². The molecule has 2 nitrogen and oxygen atoms in total. The number of aromatic amines is 1. The Morgan fingerprint density at radius 1 is 1.07 bits per heavy atom. The van der Waals surface area contributed by atoms with Crippen molar-refractivity contribution in [3.05, 3.63) is 29.7 Å². The van der Waals surface area contributed by atoms with Gasteiger partial charge in [0.15, 0.2) is 0 Å².